The summed E-state index contributed by atoms with van der Waals surface area (Å²) in [5.74, 6) is 1.86. The maximum Gasteiger partial charge on any atom is 0.179 e. The van der Waals surface area contributed by atoms with Crippen molar-refractivity contribution in [3.8, 4) is 11.1 Å². The van der Waals surface area contributed by atoms with Crippen molar-refractivity contribution in [3.05, 3.63) is 78.4 Å². The van der Waals surface area contributed by atoms with Crippen LogP contribution >= 0.6 is 11.8 Å². The van der Waals surface area contributed by atoms with Crippen molar-refractivity contribution in [1.82, 2.24) is 24.7 Å². The molecule has 0 saturated heterocycles. The highest BCUT2D eigenvalue weighted by molar-refractivity contribution is 7.98. The lowest BCUT2D eigenvalue weighted by Crippen LogP contribution is -2.02. The molecular weight excluding hydrogens is 420 g/mol. The number of rotatable bonds is 8. The van der Waals surface area contributed by atoms with Gasteiger partial charge in [-0.15, -0.1) is 11.8 Å². The summed E-state index contributed by atoms with van der Waals surface area (Å²) >= 11 is 1.75. The molecule has 0 radical (unpaired) electrons. The minimum Gasteiger partial charge on any atom is -0.469 e. The molecule has 2 N–H and O–H groups in total. The summed E-state index contributed by atoms with van der Waals surface area (Å²) < 4.78 is 7.25. The molecule has 4 heterocycles. The lowest BCUT2D eigenvalue weighted by molar-refractivity contribution is 0.507. The average molecular weight is 445 g/mol. The van der Waals surface area contributed by atoms with Crippen LogP contribution in [0.1, 0.15) is 17.1 Å². The number of thioether (sulfide) groups is 1. The largest absolute Gasteiger partial charge is 0.469 e. The van der Waals surface area contributed by atoms with Gasteiger partial charge in [-0.05, 0) is 41.6 Å². The van der Waals surface area contributed by atoms with Crippen molar-refractivity contribution in [2.45, 2.75) is 24.3 Å². The predicted octanol–water partition coefficient (Wildman–Crippen LogP) is 5.07. The normalized spacial score (nSPS) is 11.3. The third kappa shape index (κ3) is 4.27. The summed E-state index contributed by atoms with van der Waals surface area (Å²) in [7, 11) is 1.94. The number of imidazole rings is 1. The van der Waals surface area contributed by atoms with Crippen LogP contribution < -0.4 is 5.32 Å². The number of fused-ring (bicyclic) bond motifs is 1. The second kappa shape index (κ2) is 8.92. The number of aromatic nitrogens is 5. The fraction of sp³-hybridized carbons (Fsp3) is 0.208. The molecule has 7 nitrogen and oxygen atoms in total. The molecule has 0 saturated carbocycles. The van der Waals surface area contributed by atoms with Crippen LogP contribution in [0, 0.1) is 0 Å². The number of pyridine rings is 1. The van der Waals surface area contributed by atoms with Gasteiger partial charge in [0.15, 0.2) is 5.65 Å². The third-order valence-corrected chi connectivity index (χ3v) is 6.24. The number of nitrogens with zero attached hydrogens (tertiary/aromatic N) is 4. The molecule has 8 heteroatoms. The number of furan rings is 1. The predicted molar refractivity (Wildman–Crippen MR) is 128 cm³/mol. The smallest absolute Gasteiger partial charge is 0.179 e. The van der Waals surface area contributed by atoms with Crippen LogP contribution in [0.25, 0.3) is 22.3 Å². The van der Waals surface area contributed by atoms with Crippen LogP contribution in [0.2, 0.25) is 0 Å². The summed E-state index contributed by atoms with van der Waals surface area (Å²) in [6.45, 7) is 0.712. The van der Waals surface area contributed by atoms with E-state index in [-0.39, 0.29) is 0 Å². The number of benzene rings is 1. The van der Waals surface area contributed by atoms with Gasteiger partial charge >= 0.3 is 0 Å². The maximum atomic E-state index is 5.42. The molecule has 0 amide bonds. The maximum absolute atomic E-state index is 5.42. The van der Waals surface area contributed by atoms with E-state index < -0.39 is 0 Å². The van der Waals surface area contributed by atoms with Gasteiger partial charge in [-0.2, -0.15) is 5.10 Å². The average Bonchev–Trinajstić information content (AvgIpc) is 3.56. The van der Waals surface area contributed by atoms with E-state index in [0.29, 0.717) is 6.54 Å². The van der Waals surface area contributed by atoms with Gasteiger partial charge in [-0.1, -0.05) is 12.1 Å². The van der Waals surface area contributed by atoms with Crippen molar-refractivity contribution in [2.75, 3.05) is 11.6 Å². The number of anilines is 1. The highest BCUT2D eigenvalue weighted by atomic mass is 32.2. The molecule has 5 aromatic rings. The number of H-pyrrole nitrogens is 1. The number of hydrogen-bond acceptors (Lipinski definition) is 6. The van der Waals surface area contributed by atoms with E-state index in [1.165, 1.54) is 16.0 Å². The van der Waals surface area contributed by atoms with Gasteiger partial charge in [0.1, 0.15) is 17.1 Å². The minimum absolute atomic E-state index is 0.712. The van der Waals surface area contributed by atoms with Gasteiger partial charge in [-0.3, -0.25) is 4.68 Å². The molecule has 0 spiro atoms. The first-order valence-electron chi connectivity index (χ1n) is 10.5. The number of aryl methyl sites for hydroxylation is 3. The Morgan fingerprint density at radius 1 is 1.16 bits per heavy atom. The molecule has 5 rings (SSSR count). The van der Waals surface area contributed by atoms with Crippen molar-refractivity contribution < 1.29 is 4.42 Å². The molecule has 4 aromatic heterocycles. The van der Waals surface area contributed by atoms with Gasteiger partial charge in [-0.25, -0.2) is 9.97 Å². The monoisotopic (exact) mass is 444 g/mol. The zero-order chi connectivity index (χ0) is 21.9. The molecule has 0 bridgehead atoms. The summed E-state index contributed by atoms with van der Waals surface area (Å²) in [4.78, 5) is 13.7. The van der Waals surface area contributed by atoms with E-state index in [1.807, 2.05) is 42.3 Å². The van der Waals surface area contributed by atoms with Gasteiger partial charge in [0.05, 0.1) is 18.1 Å². The third-order valence-electron chi connectivity index (χ3n) is 5.42. The first kappa shape index (κ1) is 20.4. The Kier molecular flexibility index (Phi) is 5.68. The first-order valence-corrected chi connectivity index (χ1v) is 11.7. The highest BCUT2D eigenvalue weighted by Gasteiger charge is 2.11. The Labute approximate surface area is 190 Å². The van der Waals surface area contributed by atoms with Crippen LogP contribution in [-0.2, 0) is 26.4 Å². The number of nitrogens with one attached hydrogen (secondary N) is 2. The van der Waals surface area contributed by atoms with Crippen LogP contribution in [0.3, 0.4) is 0 Å². The molecular formula is C24H24N6OS. The Morgan fingerprint density at radius 2 is 2.09 bits per heavy atom. The van der Waals surface area contributed by atoms with Gasteiger partial charge in [0, 0.05) is 49.3 Å². The van der Waals surface area contributed by atoms with Crippen LogP contribution in [0.4, 0.5) is 5.69 Å². The fourth-order valence-electron chi connectivity index (χ4n) is 3.75. The molecule has 1 aromatic carbocycles. The number of aromatic amines is 1. The fourth-order valence-corrected chi connectivity index (χ4v) is 4.40. The lowest BCUT2D eigenvalue weighted by atomic mass is 10.1. The highest BCUT2D eigenvalue weighted by Crippen LogP contribution is 2.29. The lowest BCUT2D eigenvalue weighted by Gasteiger charge is -2.12. The molecule has 0 unspecified atom stereocenters. The Morgan fingerprint density at radius 3 is 2.88 bits per heavy atom. The Balaban J connectivity index is 1.33. The molecule has 0 aliphatic rings. The molecule has 32 heavy (non-hydrogen) atoms. The second-order valence-corrected chi connectivity index (χ2v) is 8.45. The van der Waals surface area contributed by atoms with E-state index in [1.54, 1.807) is 24.2 Å². The van der Waals surface area contributed by atoms with Crippen LogP contribution in [0.5, 0.6) is 0 Å². The molecule has 0 atom stereocenters. The van der Waals surface area contributed by atoms with E-state index in [9.17, 15) is 0 Å². The van der Waals surface area contributed by atoms with Gasteiger partial charge in [0.25, 0.3) is 0 Å². The SMILES string of the molecule is CSc1cc(-c2cnn(C)c2)ccc1CNc1ccnc2nc(CCc3ccco3)[nH]c12. The zero-order valence-corrected chi connectivity index (χ0v) is 18.8. The van der Waals surface area contributed by atoms with Crippen LogP contribution in [0.15, 0.2) is 70.6 Å². The second-order valence-electron chi connectivity index (χ2n) is 7.60. The minimum atomic E-state index is 0.712. The summed E-state index contributed by atoms with van der Waals surface area (Å²) in [6.07, 6.45) is 11.1. The van der Waals surface area contributed by atoms with Crippen molar-refractivity contribution in [2.24, 2.45) is 7.05 Å². The summed E-state index contributed by atoms with van der Waals surface area (Å²) in [5, 5.41) is 7.85. The van der Waals surface area contributed by atoms with Crippen molar-refractivity contribution in [1.29, 1.82) is 0 Å². The first-order chi connectivity index (χ1) is 15.7. The van der Waals surface area contributed by atoms with Crippen molar-refractivity contribution >= 4 is 28.6 Å². The molecule has 0 aliphatic heterocycles. The molecule has 0 aliphatic carbocycles. The van der Waals surface area contributed by atoms with E-state index in [0.717, 1.165) is 46.8 Å². The standard InChI is InChI=1S/C24H24N6OS/c1-30-15-18(14-27-30)16-5-6-17(21(12-16)32-2)13-26-20-9-10-25-24-23(20)28-22(29-24)8-7-19-4-3-11-31-19/h3-6,9-12,14-15H,7-8,13H2,1-2H3,(H2,25,26,28,29). The molecule has 0 fully saturated rings. The van der Waals surface area contributed by atoms with Crippen molar-refractivity contribution in [3.63, 3.8) is 0 Å². The Bertz CT molecular complexity index is 1340. The van der Waals surface area contributed by atoms with E-state index in [4.69, 9.17) is 4.42 Å². The molecule has 162 valence electrons. The summed E-state index contributed by atoms with van der Waals surface area (Å²) in [5.41, 5.74) is 6.19. The van der Waals surface area contributed by atoms with Gasteiger partial charge in [0.2, 0.25) is 0 Å². The van der Waals surface area contributed by atoms with E-state index in [2.05, 4.69) is 49.8 Å². The quantitative estimate of drug-likeness (QED) is 0.325. The number of hydrogen-bond donors (Lipinski definition) is 2. The van der Waals surface area contributed by atoms with Gasteiger partial charge < -0.3 is 14.7 Å². The van der Waals surface area contributed by atoms with E-state index >= 15 is 0 Å². The topological polar surface area (TPSA) is 84.6 Å². The summed E-state index contributed by atoms with van der Waals surface area (Å²) in [6, 6.07) is 12.4. The Hall–Kier alpha value is -3.52. The van der Waals surface area contributed by atoms with Crippen LogP contribution in [-0.4, -0.2) is 31.0 Å². The zero-order valence-electron chi connectivity index (χ0n) is 18.0.